The van der Waals surface area contributed by atoms with Crippen molar-refractivity contribution in [2.45, 2.75) is 25.8 Å². The third-order valence-corrected chi connectivity index (χ3v) is 5.58. The Morgan fingerprint density at radius 2 is 2.00 bits per heavy atom. The van der Waals surface area contributed by atoms with E-state index in [1.165, 1.54) is 12.1 Å². The number of amides is 1. The average molecular weight is 368 g/mol. The number of carbonyl (C=O) groups excluding carboxylic acids is 1. The lowest BCUT2D eigenvalue weighted by Gasteiger charge is -2.19. The molecule has 27 heavy (non-hydrogen) atoms. The van der Waals surface area contributed by atoms with Gasteiger partial charge in [0.05, 0.1) is 6.61 Å². The van der Waals surface area contributed by atoms with Crippen molar-refractivity contribution in [3.8, 4) is 5.75 Å². The second-order valence-corrected chi connectivity index (χ2v) is 7.49. The van der Waals surface area contributed by atoms with Crippen LogP contribution in [-0.2, 0) is 6.54 Å². The van der Waals surface area contributed by atoms with Gasteiger partial charge in [-0.3, -0.25) is 4.79 Å². The van der Waals surface area contributed by atoms with E-state index in [0.717, 1.165) is 42.9 Å². The van der Waals surface area contributed by atoms with Crippen molar-refractivity contribution < 1.29 is 13.9 Å². The van der Waals surface area contributed by atoms with Crippen LogP contribution in [0.1, 0.15) is 40.7 Å². The molecule has 4 nitrogen and oxygen atoms in total. The molecule has 0 unspecified atom stereocenters. The zero-order chi connectivity index (χ0) is 18.8. The fraction of sp³-hybridized carbons (Fsp3) is 0.409. The number of hydrogen-bond acceptors (Lipinski definition) is 3. The predicted octanol–water partition coefficient (Wildman–Crippen LogP) is 3.57. The maximum Gasteiger partial charge on any atom is 0.252 e. The molecule has 2 atom stereocenters. The Balaban J connectivity index is 1.47. The summed E-state index contributed by atoms with van der Waals surface area (Å²) in [6.07, 6.45) is 1.11. The van der Waals surface area contributed by atoms with Crippen LogP contribution < -0.4 is 10.1 Å². The zero-order valence-electron chi connectivity index (χ0n) is 15.6. The Hall–Kier alpha value is -2.40. The van der Waals surface area contributed by atoms with Crippen LogP contribution in [-0.4, -0.2) is 37.0 Å². The molecule has 0 saturated carbocycles. The number of ether oxygens (including phenoxy) is 1. The number of rotatable bonds is 6. The molecule has 1 fully saturated rings. The summed E-state index contributed by atoms with van der Waals surface area (Å²) in [4.78, 5) is 14.3. The van der Waals surface area contributed by atoms with E-state index >= 15 is 0 Å². The number of halogens is 1. The Bertz CT molecular complexity index is 822. The van der Waals surface area contributed by atoms with Crippen molar-refractivity contribution in [3.63, 3.8) is 0 Å². The normalized spacial score (nSPS) is 21.9. The Labute approximate surface area is 159 Å². The Kier molecular flexibility index (Phi) is 5.12. The van der Waals surface area contributed by atoms with Crippen LogP contribution in [0.3, 0.4) is 0 Å². The maximum absolute atomic E-state index is 13.3. The molecule has 0 spiro atoms. The molecule has 1 amide bonds. The summed E-state index contributed by atoms with van der Waals surface area (Å²) in [6, 6.07) is 12.6. The lowest BCUT2D eigenvalue weighted by Crippen LogP contribution is -2.23. The molecule has 2 aromatic carbocycles. The van der Waals surface area contributed by atoms with Crippen LogP contribution in [0.5, 0.6) is 5.75 Å². The SMILES string of the molecule is CCCN1C[C@H](COc2ccc3c(c2)C(=O)NC3)[C@@H](c2ccc(F)cc2)C1. The fourth-order valence-corrected chi connectivity index (χ4v) is 4.20. The van der Waals surface area contributed by atoms with Crippen LogP contribution in [0.15, 0.2) is 42.5 Å². The second-order valence-electron chi connectivity index (χ2n) is 7.49. The van der Waals surface area contributed by atoms with Crippen molar-refractivity contribution in [2.24, 2.45) is 5.92 Å². The van der Waals surface area contributed by atoms with Gasteiger partial charge in [0.15, 0.2) is 0 Å². The van der Waals surface area contributed by atoms with Crippen LogP contribution in [0.4, 0.5) is 4.39 Å². The topological polar surface area (TPSA) is 41.6 Å². The first-order chi connectivity index (χ1) is 13.1. The minimum atomic E-state index is -0.202. The van der Waals surface area contributed by atoms with E-state index < -0.39 is 0 Å². The summed E-state index contributed by atoms with van der Waals surface area (Å²) in [5.74, 6) is 1.16. The minimum Gasteiger partial charge on any atom is -0.493 e. The molecule has 2 aromatic rings. The van der Waals surface area contributed by atoms with E-state index in [0.29, 0.717) is 30.6 Å². The molecule has 0 aliphatic carbocycles. The lowest BCUT2D eigenvalue weighted by atomic mass is 9.89. The first-order valence-corrected chi connectivity index (χ1v) is 9.65. The summed E-state index contributed by atoms with van der Waals surface area (Å²) >= 11 is 0. The minimum absolute atomic E-state index is 0.0328. The fourth-order valence-electron chi connectivity index (χ4n) is 4.20. The predicted molar refractivity (Wildman–Crippen MR) is 102 cm³/mol. The molecule has 5 heteroatoms. The van der Waals surface area contributed by atoms with E-state index in [1.54, 1.807) is 0 Å². The van der Waals surface area contributed by atoms with Crippen LogP contribution in [0, 0.1) is 11.7 Å². The van der Waals surface area contributed by atoms with Gasteiger partial charge >= 0.3 is 0 Å². The molecule has 0 bridgehead atoms. The van der Waals surface area contributed by atoms with E-state index in [1.807, 2.05) is 30.3 Å². The monoisotopic (exact) mass is 368 g/mol. The van der Waals surface area contributed by atoms with Gasteiger partial charge in [0, 0.05) is 37.0 Å². The average Bonchev–Trinajstić information content (AvgIpc) is 3.25. The van der Waals surface area contributed by atoms with E-state index in [9.17, 15) is 9.18 Å². The van der Waals surface area contributed by atoms with Gasteiger partial charge < -0.3 is 15.0 Å². The molecule has 0 radical (unpaired) electrons. The van der Waals surface area contributed by atoms with Crippen LogP contribution in [0.25, 0.3) is 0 Å². The highest BCUT2D eigenvalue weighted by molar-refractivity contribution is 5.98. The van der Waals surface area contributed by atoms with E-state index in [2.05, 4.69) is 17.1 Å². The van der Waals surface area contributed by atoms with Gasteiger partial charge in [0.25, 0.3) is 5.91 Å². The summed E-state index contributed by atoms with van der Waals surface area (Å²) in [5, 5.41) is 2.83. The summed E-state index contributed by atoms with van der Waals surface area (Å²) in [6.45, 7) is 6.37. The van der Waals surface area contributed by atoms with Crippen molar-refractivity contribution in [3.05, 3.63) is 65.0 Å². The van der Waals surface area contributed by atoms with E-state index in [-0.39, 0.29) is 11.7 Å². The van der Waals surface area contributed by atoms with Crippen LogP contribution >= 0.6 is 0 Å². The number of likely N-dealkylation sites (tertiary alicyclic amines) is 1. The number of fused-ring (bicyclic) bond motifs is 1. The third kappa shape index (κ3) is 3.83. The Morgan fingerprint density at radius 3 is 2.78 bits per heavy atom. The zero-order valence-corrected chi connectivity index (χ0v) is 15.6. The number of hydrogen-bond donors (Lipinski definition) is 1. The maximum atomic E-state index is 13.3. The molecular formula is C22H25FN2O2. The van der Waals surface area contributed by atoms with Gasteiger partial charge in [-0.2, -0.15) is 0 Å². The molecule has 142 valence electrons. The third-order valence-electron chi connectivity index (χ3n) is 5.58. The molecule has 2 aliphatic rings. The van der Waals surface area contributed by atoms with E-state index in [4.69, 9.17) is 4.74 Å². The quantitative estimate of drug-likeness (QED) is 0.847. The van der Waals surface area contributed by atoms with Gasteiger partial charge in [-0.05, 0) is 48.4 Å². The Morgan fingerprint density at radius 1 is 1.19 bits per heavy atom. The first-order valence-electron chi connectivity index (χ1n) is 9.65. The number of nitrogens with one attached hydrogen (secondary N) is 1. The smallest absolute Gasteiger partial charge is 0.252 e. The number of nitrogens with zero attached hydrogens (tertiary/aromatic N) is 1. The van der Waals surface area contributed by atoms with Crippen molar-refractivity contribution >= 4 is 5.91 Å². The molecule has 1 saturated heterocycles. The summed E-state index contributed by atoms with van der Waals surface area (Å²) in [5.41, 5.74) is 2.89. The van der Waals surface area contributed by atoms with Crippen LogP contribution in [0.2, 0.25) is 0 Å². The summed E-state index contributed by atoms with van der Waals surface area (Å²) < 4.78 is 19.4. The van der Waals surface area contributed by atoms with Crippen molar-refractivity contribution in [1.29, 1.82) is 0 Å². The molecule has 4 rings (SSSR count). The van der Waals surface area contributed by atoms with Gasteiger partial charge in [-0.1, -0.05) is 25.1 Å². The van der Waals surface area contributed by atoms with Crippen molar-refractivity contribution in [2.75, 3.05) is 26.2 Å². The molecule has 2 aliphatic heterocycles. The second kappa shape index (κ2) is 7.69. The van der Waals surface area contributed by atoms with Gasteiger partial charge in [0.1, 0.15) is 11.6 Å². The highest BCUT2D eigenvalue weighted by Gasteiger charge is 2.34. The molecule has 0 aromatic heterocycles. The number of carbonyl (C=O) groups is 1. The largest absolute Gasteiger partial charge is 0.493 e. The standard InChI is InChI=1S/C22H25FN2O2/c1-2-9-25-12-17(21(13-25)15-3-6-18(23)7-4-15)14-27-19-8-5-16-11-24-22(26)20(16)10-19/h3-8,10,17,21H,2,9,11-14H2,1H3,(H,24,26)/t17-,21-/m1/s1. The molecular weight excluding hydrogens is 343 g/mol. The first kappa shape index (κ1) is 18.0. The van der Waals surface area contributed by atoms with Gasteiger partial charge in [0.2, 0.25) is 0 Å². The lowest BCUT2D eigenvalue weighted by molar-refractivity contribution is 0.0965. The van der Waals surface area contributed by atoms with Gasteiger partial charge in [-0.15, -0.1) is 0 Å². The van der Waals surface area contributed by atoms with Crippen molar-refractivity contribution in [1.82, 2.24) is 10.2 Å². The number of benzene rings is 2. The molecule has 2 heterocycles. The van der Waals surface area contributed by atoms with Gasteiger partial charge in [-0.25, -0.2) is 4.39 Å². The highest BCUT2D eigenvalue weighted by atomic mass is 19.1. The summed E-state index contributed by atoms with van der Waals surface area (Å²) in [7, 11) is 0. The highest BCUT2D eigenvalue weighted by Crippen LogP contribution is 2.33. The molecule has 1 N–H and O–H groups in total.